The van der Waals surface area contributed by atoms with E-state index >= 15 is 0 Å². The minimum atomic E-state index is -0.319. The van der Waals surface area contributed by atoms with Crippen LogP contribution in [0.5, 0.6) is 0 Å². The Kier molecular flexibility index (Phi) is 4.80. The topological polar surface area (TPSA) is 64.2 Å². The molecule has 0 bridgehead atoms. The van der Waals surface area contributed by atoms with Gasteiger partial charge in [0.1, 0.15) is 11.5 Å². The third kappa shape index (κ3) is 3.36. The van der Waals surface area contributed by atoms with Gasteiger partial charge in [-0.2, -0.15) is 0 Å². The molecule has 0 aliphatic heterocycles. The molecule has 0 saturated heterocycles. The van der Waals surface area contributed by atoms with Crippen LogP contribution in [-0.4, -0.2) is 10.5 Å². The van der Waals surface area contributed by atoms with Crippen molar-refractivity contribution in [1.29, 1.82) is 0 Å². The van der Waals surface area contributed by atoms with Crippen molar-refractivity contribution >= 4 is 16.7 Å². The van der Waals surface area contributed by atoms with Gasteiger partial charge in [-0.15, -0.1) is 0 Å². The van der Waals surface area contributed by atoms with E-state index in [9.17, 15) is 9.59 Å². The molecule has 146 valence electrons. The van der Waals surface area contributed by atoms with Gasteiger partial charge in [-0.1, -0.05) is 36.4 Å². The summed E-state index contributed by atoms with van der Waals surface area (Å²) in [4.78, 5) is 26.3. The minimum Gasteiger partial charge on any atom is -0.467 e. The number of amides is 1. The molecule has 4 rings (SSSR count). The number of fused-ring (bicyclic) bond motifs is 1. The largest absolute Gasteiger partial charge is 0.467 e. The second-order valence-electron chi connectivity index (χ2n) is 7.20. The van der Waals surface area contributed by atoms with Crippen LogP contribution in [0.2, 0.25) is 0 Å². The fraction of sp³-hybridized carbons (Fsp3) is 0.167. The maximum atomic E-state index is 13.2. The van der Waals surface area contributed by atoms with Gasteiger partial charge in [-0.25, -0.2) is 0 Å². The van der Waals surface area contributed by atoms with Crippen molar-refractivity contribution < 1.29 is 9.21 Å². The lowest BCUT2D eigenvalue weighted by molar-refractivity contribution is 0.0939. The molecule has 2 heterocycles. The van der Waals surface area contributed by atoms with Gasteiger partial charge < -0.3 is 14.3 Å². The van der Waals surface area contributed by atoms with Gasteiger partial charge >= 0.3 is 0 Å². The Bertz CT molecular complexity index is 1250. The summed E-state index contributed by atoms with van der Waals surface area (Å²) in [5.74, 6) is 0.330. The lowest BCUT2D eigenvalue weighted by Crippen LogP contribution is -2.31. The number of pyridine rings is 1. The third-order valence-corrected chi connectivity index (χ3v) is 5.29. The molecular weight excluding hydrogens is 364 g/mol. The van der Waals surface area contributed by atoms with E-state index in [2.05, 4.69) is 5.32 Å². The van der Waals surface area contributed by atoms with Crippen LogP contribution < -0.4 is 10.9 Å². The quantitative estimate of drug-likeness (QED) is 0.567. The lowest BCUT2D eigenvalue weighted by atomic mass is 9.93. The highest BCUT2D eigenvalue weighted by Gasteiger charge is 2.22. The van der Waals surface area contributed by atoms with Crippen LogP contribution in [0, 0.1) is 13.8 Å². The average Bonchev–Trinajstić information content (AvgIpc) is 3.24. The summed E-state index contributed by atoms with van der Waals surface area (Å²) < 4.78 is 6.75. The maximum absolute atomic E-state index is 13.2. The van der Waals surface area contributed by atoms with Crippen molar-refractivity contribution in [2.45, 2.75) is 20.4 Å². The van der Waals surface area contributed by atoms with Crippen LogP contribution >= 0.6 is 0 Å². The van der Waals surface area contributed by atoms with E-state index < -0.39 is 0 Å². The number of benzene rings is 2. The highest BCUT2D eigenvalue weighted by molar-refractivity contribution is 6.08. The zero-order chi connectivity index (χ0) is 20.5. The van der Waals surface area contributed by atoms with Crippen molar-refractivity contribution in [2.24, 2.45) is 7.05 Å². The molecule has 0 saturated carbocycles. The van der Waals surface area contributed by atoms with Gasteiger partial charge in [0.25, 0.3) is 11.5 Å². The fourth-order valence-electron chi connectivity index (χ4n) is 3.60. The second-order valence-corrected chi connectivity index (χ2v) is 7.20. The third-order valence-electron chi connectivity index (χ3n) is 5.29. The van der Waals surface area contributed by atoms with Crippen molar-refractivity contribution in [3.63, 3.8) is 0 Å². The van der Waals surface area contributed by atoms with Gasteiger partial charge in [0.2, 0.25) is 0 Å². The van der Waals surface area contributed by atoms with Gasteiger partial charge in [0.05, 0.1) is 12.8 Å². The zero-order valence-corrected chi connectivity index (χ0v) is 16.7. The van der Waals surface area contributed by atoms with Crippen LogP contribution in [0.1, 0.15) is 27.4 Å². The molecule has 5 heteroatoms. The number of aryl methyl sites for hydroxylation is 2. The first-order valence-corrected chi connectivity index (χ1v) is 9.47. The van der Waals surface area contributed by atoms with E-state index in [0.717, 1.165) is 27.6 Å². The summed E-state index contributed by atoms with van der Waals surface area (Å²) in [5, 5.41) is 4.27. The predicted octanol–water partition coefficient (Wildman–Crippen LogP) is 4.35. The highest BCUT2D eigenvalue weighted by Crippen LogP contribution is 2.32. The first-order chi connectivity index (χ1) is 14.0. The molecule has 5 nitrogen and oxygen atoms in total. The van der Waals surface area contributed by atoms with Crippen LogP contribution in [0.25, 0.3) is 21.9 Å². The van der Waals surface area contributed by atoms with E-state index in [-0.39, 0.29) is 18.0 Å². The van der Waals surface area contributed by atoms with Gasteiger partial charge in [0.15, 0.2) is 0 Å². The molecule has 0 aliphatic rings. The van der Waals surface area contributed by atoms with E-state index in [1.54, 1.807) is 25.4 Å². The monoisotopic (exact) mass is 386 g/mol. The molecule has 0 unspecified atom stereocenters. The summed E-state index contributed by atoms with van der Waals surface area (Å²) in [6.45, 7) is 4.25. The average molecular weight is 386 g/mol. The molecule has 0 fully saturated rings. The van der Waals surface area contributed by atoms with Crippen LogP contribution in [-0.2, 0) is 13.6 Å². The molecule has 0 atom stereocenters. The summed E-state index contributed by atoms with van der Waals surface area (Å²) in [6.07, 6.45) is 1.56. The Labute approximate surface area is 168 Å². The van der Waals surface area contributed by atoms with Crippen molar-refractivity contribution in [2.75, 3.05) is 0 Å². The molecule has 2 aromatic carbocycles. The Morgan fingerprint density at radius 2 is 1.69 bits per heavy atom. The summed E-state index contributed by atoms with van der Waals surface area (Å²) in [7, 11) is 1.64. The zero-order valence-electron chi connectivity index (χ0n) is 16.7. The standard InChI is InChI=1S/C24H22N2O3/c1-15-12-19-20(13-16(15)2)24(28)26(3)22(21(19)17-8-5-4-6-9-17)23(27)25-14-18-10-7-11-29-18/h4-13H,14H2,1-3H3,(H,25,27). The first kappa shape index (κ1) is 18.7. The predicted molar refractivity (Wildman–Crippen MR) is 114 cm³/mol. The number of carbonyl (C=O) groups excluding carboxylic acids is 1. The number of furan rings is 1. The Morgan fingerprint density at radius 3 is 2.34 bits per heavy atom. The Hall–Kier alpha value is -3.60. The first-order valence-electron chi connectivity index (χ1n) is 9.47. The number of carbonyl (C=O) groups is 1. The van der Waals surface area contributed by atoms with Crippen molar-refractivity contribution in [3.05, 3.63) is 93.8 Å². The Morgan fingerprint density at radius 1 is 1.00 bits per heavy atom. The molecule has 1 amide bonds. The fourth-order valence-corrected chi connectivity index (χ4v) is 3.60. The molecule has 2 aromatic heterocycles. The maximum Gasteiger partial charge on any atom is 0.269 e. The van der Waals surface area contributed by atoms with Gasteiger partial charge in [0, 0.05) is 18.0 Å². The van der Waals surface area contributed by atoms with E-state index in [4.69, 9.17) is 4.42 Å². The van der Waals surface area contributed by atoms with E-state index in [0.29, 0.717) is 16.8 Å². The SMILES string of the molecule is Cc1cc2c(-c3ccccc3)c(C(=O)NCc3ccco3)n(C)c(=O)c2cc1C. The molecule has 29 heavy (non-hydrogen) atoms. The lowest BCUT2D eigenvalue weighted by Gasteiger charge is -2.18. The molecule has 0 radical (unpaired) electrons. The molecule has 4 aromatic rings. The van der Waals surface area contributed by atoms with Crippen LogP contribution in [0.4, 0.5) is 0 Å². The van der Waals surface area contributed by atoms with E-state index in [1.807, 2.05) is 56.3 Å². The smallest absolute Gasteiger partial charge is 0.269 e. The van der Waals surface area contributed by atoms with Gasteiger partial charge in [-0.3, -0.25) is 9.59 Å². The van der Waals surface area contributed by atoms with Gasteiger partial charge in [-0.05, 0) is 54.1 Å². The summed E-state index contributed by atoms with van der Waals surface area (Å²) >= 11 is 0. The molecular formula is C24H22N2O3. The van der Waals surface area contributed by atoms with Crippen molar-refractivity contribution in [1.82, 2.24) is 9.88 Å². The molecule has 0 aliphatic carbocycles. The summed E-state index contributed by atoms with van der Waals surface area (Å²) in [6, 6.07) is 17.2. The molecule has 0 spiro atoms. The number of hydrogen-bond acceptors (Lipinski definition) is 3. The number of nitrogens with one attached hydrogen (secondary N) is 1. The summed E-state index contributed by atoms with van der Waals surface area (Å²) in [5.41, 5.74) is 3.91. The number of hydrogen-bond donors (Lipinski definition) is 1. The van der Waals surface area contributed by atoms with Crippen LogP contribution in [0.15, 0.2) is 70.1 Å². The van der Waals surface area contributed by atoms with E-state index in [1.165, 1.54) is 4.57 Å². The second kappa shape index (κ2) is 7.43. The van der Waals surface area contributed by atoms with Crippen molar-refractivity contribution in [3.8, 4) is 11.1 Å². The number of rotatable bonds is 4. The Balaban J connectivity index is 1.97. The minimum absolute atomic E-state index is 0.189. The number of nitrogens with zero attached hydrogens (tertiary/aromatic N) is 1. The van der Waals surface area contributed by atoms with Crippen LogP contribution in [0.3, 0.4) is 0 Å². The molecule has 1 N–H and O–H groups in total. The highest BCUT2D eigenvalue weighted by atomic mass is 16.3. The normalized spacial score (nSPS) is 11.0. The number of aromatic nitrogens is 1.